The van der Waals surface area contributed by atoms with Crippen LogP contribution in [-0.2, 0) is 0 Å². The Bertz CT molecular complexity index is 362. The first-order valence-corrected chi connectivity index (χ1v) is 7.34. The summed E-state index contributed by atoms with van der Waals surface area (Å²) >= 11 is 11.2. The highest BCUT2D eigenvalue weighted by molar-refractivity contribution is 9.11. The highest BCUT2D eigenvalue weighted by Gasteiger charge is 2.47. The molecule has 2 aliphatic carbocycles. The zero-order chi connectivity index (χ0) is 10.6. The average Bonchev–Trinajstić information content (AvgIpc) is 2.66. The molecule has 0 radical (unpaired) electrons. The maximum atomic E-state index is 6.30. The van der Waals surface area contributed by atoms with Crippen LogP contribution in [0.3, 0.4) is 0 Å². The van der Waals surface area contributed by atoms with E-state index in [1.165, 1.54) is 24.1 Å². The Labute approximate surface area is 107 Å². The van der Waals surface area contributed by atoms with Crippen molar-refractivity contribution in [3.05, 3.63) is 19.8 Å². The predicted octanol–water partition coefficient (Wildman–Crippen LogP) is 4.21. The molecular weight excluding hydrogens is 294 g/mol. The van der Waals surface area contributed by atoms with E-state index < -0.39 is 0 Å². The van der Waals surface area contributed by atoms with Crippen molar-refractivity contribution in [3.63, 3.8) is 0 Å². The zero-order valence-electron chi connectivity index (χ0n) is 8.25. The standard InChI is InChI=1S/C11H13BrClNS/c12-11-8(13)4-9(15-11)10(14)7-2-5-1-6(5)3-7/h4-7,10H,1-3,14H2. The Morgan fingerprint density at radius 3 is 2.60 bits per heavy atom. The Kier molecular flexibility index (Phi) is 2.63. The fourth-order valence-electron chi connectivity index (χ4n) is 2.81. The Morgan fingerprint density at radius 1 is 1.40 bits per heavy atom. The normalized spacial score (nSPS) is 35.3. The van der Waals surface area contributed by atoms with Crippen LogP contribution in [0, 0.1) is 17.8 Å². The lowest BCUT2D eigenvalue weighted by Crippen LogP contribution is -2.19. The van der Waals surface area contributed by atoms with Gasteiger partial charge in [-0.25, -0.2) is 0 Å². The summed E-state index contributed by atoms with van der Waals surface area (Å²) in [5.74, 6) is 2.69. The molecule has 82 valence electrons. The topological polar surface area (TPSA) is 26.0 Å². The summed E-state index contributed by atoms with van der Waals surface area (Å²) in [5, 5.41) is 0.800. The van der Waals surface area contributed by atoms with Crippen LogP contribution in [0.1, 0.15) is 30.2 Å². The van der Waals surface area contributed by atoms with Crippen LogP contribution in [0.5, 0.6) is 0 Å². The average molecular weight is 307 g/mol. The van der Waals surface area contributed by atoms with Crippen LogP contribution in [0.4, 0.5) is 0 Å². The van der Waals surface area contributed by atoms with Gasteiger partial charge >= 0.3 is 0 Å². The maximum Gasteiger partial charge on any atom is 0.0887 e. The molecule has 3 unspecified atom stereocenters. The van der Waals surface area contributed by atoms with Gasteiger partial charge in [0.2, 0.25) is 0 Å². The van der Waals surface area contributed by atoms with Gasteiger partial charge in [-0.05, 0) is 59.0 Å². The summed E-state index contributed by atoms with van der Waals surface area (Å²) in [6, 6.07) is 2.22. The minimum Gasteiger partial charge on any atom is -0.323 e. The fourth-order valence-corrected chi connectivity index (χ4v) is 4.66. The SMILES string of the molecule is NC(c1cc(Cl)c(Br)s1)C1CC2CC2C1. The van der Waals surface area contributed by atoms with Crippen LogP contribution in [0.25, 0.3) is 0 Å². The molecule has 2 aliphatic rings. The molecule has 2 N–H and O–H groups in total. The molecule has 1 heterocycles. The van der Waals surface area contributed by atoms with Crippen LogP contribution in [-0.4, -0.2) is 0 Å². The number of rotatable bonds is 2. The Balaban J connectivity index is 1.76. The highest BCUT2D eigenvalue weighted by Crippen LogP contribution is 2.57. The molecule has 4 heteroatoms. The molecule has 0 saturated heterocycles. The lowest BCUT2D eigenvalue weighted by atomic mass is 9.94. The first kappa shape index (κ1) is 10.6. The van der Waals surface area contributed by atoms with E-state index >= 15 is 0 Å². The summed E-state index contributed by atoms with van der Waals surface area (Å²) in [6.45, 7) is 0. The number of fused-ring (bicyclic) bond motifs is 1. The second kappa shape index (κ2) is 3.73. The first-order valence-electron chi connectivity index (χ1n) is 5.35. The molecule has 1 aromatic rings. The maximum absolute atomic E-state index is 6.30. The second-order valence-electron chi connectivity index (χ2n) is 4.78. The van der Waals surface area contributed by atoms with Crippen molar-refractivity contribution in [1.29, 1.82) is 0 Å². The van der Waals surface area contributed by atoms with E-state index in [2.05, 4.69) is 15.9 Å². The number of thiophene rings is 1. The molecule has 0 aromatic carbocycles. The third-order valence-electron chi connectivity index (χ3n) is 3.78. The van der Waals surface area contributed by atoms with Crippen LogP contribution < -0.4 is 5.73 Å². The molecule has 2 saturated carbocycles. The van der Waals surface area contributed by atoms with Gasteiger partial charge in [0.25, 0.3) is 0 Å². The van der Waals surface area contributed by atoms with Crippen molar-refractivity contribution in [1.82, 2.24) is 0 Å². The minimum atomic E-state index is 0.201. The van der Waals surface area contributed by atoms with Gasteiger partial charge in [-0.1, -0.05) is 11.6 Å². The number of hydrogen-bond donors (Lipinski definition) is 1. The molecule has 0 aliphatic heterocycles. The van der Waals surface area contributed by atoms with E-state index in [4.69, 9.17) is 17.3 Å². The molecule has 0 bridgehead atoms. The number of nitrogens with two attached hydrogens (primary N) is 1. The van der Waals surface area contributed by atoms with Crippen LogP contribution >= 0.6 is 38.9 Å². The van der Waals surface area contributed by atoms with Crippen LogP contribution in [0.15, 0.2) is 9.85 Å². The van der Waals surface area contributed by atoms with Crippen molar-refractivity contribution in [2.75, 3.05) is 0 Å². The third kappa shape index (κ3) is 1.88. The van der Waals surface area contributed by atoms with E-state index in [-0.39, 0.29) is 6.04 Å². The molecule has 2 fully saturated rings. The Hall–Kier alpha value is 0.430. The summed E-state index contributed by atoms with van der Waals surface area (Å²) < 4.78 is 1.01. The predicted molar refractivity (Wildman–Crippen MR) is 68.3 cm³/mol. The molecule has 1 aromatic heterocycles. The largest absolute Gasteiger partial charge is 0.323 e. The van der Waals surface area contributed by atoms with Crippen molar-refractivity contribution in [3.8, 4) is 0 Å². The summed E-state index contributed by atoms with van der Waals surface area (Å²) in [5.41, 5.74) is 6.30. The van der Waals surface area contributed by atoms with Crippen molar-refractivity contribution < 1.29 is 0 Å². The number of hydrogen-bond acceptors (Lipinski definition) is 2. The molecular formula is C11H13BrClNS. The third-order valence-corrected chi connectivity index (χ3v) is 6.36. The minimum absolute atomic E-state index is 0.201. The van der Waals surface area contributed by atoms with Gasteiger partial charge in [0.05, 0.1) is 8.81 Å². The van der Waals surface area contributed by atoms with E-state index in [1.54, 1.807) is 11.3 Å². The van der Waals surface area contributed by atoms with Gasteiger partial charge in [-0.15, -0.1) is 11.3 Å². The molecule has 15 heavy (non-hydrogen) atoms. The van der Waals surface area contributed by atoms with Crippen molar-refractivity contribution in [2.45, 2.75) is 25.3 Å². The zero-order valence-corrected chi connectivity index (χ0v) is 11.4. The summed E-state index contributed by atoms with van der Waals surface area (Å²) in [6.07, 6.45) is 4.12. The molecule has 0 amide bonds. The van der Waals surface area contributed by atoms with Crippen LogP contribution in [0.2, 0.25) is 5.02 Å². The fraction of sp³-hybridized carbons (Fsp3) is 0.636. The molecule has 0 spiro atoms. The molecule has 3 atom stereocenters. The molecule has 3 rings (SSSR count). The lowest BCUT2D eigenvalue weighted by Gasteiger charge is -2.18. The molecule has 1 nitrogen and oxygen atoms in total. The van der Waals surface area contributed by atoms with Gasteiger partial charge < -0.3 is 5.73 Å². The van der Waals surface area contributed by atoms with Gasteiger partial charge in [0.1, 0.15) is 0 Å². The highest BCUT2D eigenvalue weighted by atomic mass is 79.9. The second-order valence-corrected chi connectivity index (χ2v) is 7.59. The number of halogens is 2. The Morgan fingerprint density at radius 2 is 2.07 bits per heavy atom. The van der Waals surface area contributed by atoms with E-state index in [0.29, 0.717) is 5.92 Å². The van der Waals surface area contributed by atoms with E-state index in [0.717, 1.165) is 20.6 Å². The van der Waals surface area contributed by atoms with Gasteiger partial charge in [0, 0.05) is 10.9 Å². The van der Waals surface area contributed by atoms with Gasteiger partial charge in [0.15, 0.2) is 0 Å². The smallest absolute Gasteiger partial charge is 0.0887 e. The summed E-state index contributed by atoms with van der Waals surface area (Å²) in [7, 11) is 0. The first-order chi connectivity index (χ1) is 7.15. The van der Waals surface area contributed by atoms with Gasteiger partial charge in [-0.3, -0.25) is 0 Å². The van der Waals surface area contributed by atoms with Gasteiger partial charge in [-0.2, -0.15) is 0 Å². The summed E-state index contributed by atoms with van der Waals surface area (Å²) in [4.78, 5) is 1.23. The quantitative estimate of drug-likeness (QED) is 0.870. The van der Waals surface area contributed by atoms with E-state index in [1.807, 2.05) is 6.07 Å². The van der Waals surface area contributed by atoms with E-state index in [9.17, 15) is 0 Å². The van der Waals surface area contributed by atoms with Crippen molar-refractivity contribution >= 4 is 38.9 Å². The lowest BCUT2D eigenvalue weighted by molar-refractivity contribution is 0.408. The monoisotopic (exact) mass is 305 g/mol. The van der Waals surface area contributed by atoms with Crippen molar-refractivity contribution in [2.24, 2.45) is 23.5 Å².